The van der Waals surface area contributed by atoms with Crippen molar-refractivity contribution in [2.24, 2.45) is 0 Å². The molecule has 3 heteroatoms. The molecule has 0 radical (unpaired) electrons. The van der Waals surface area contributed by atoms with Gasteiger partial charge in [0.25, 0.3) is 0 Å². The normalized spacial score (nSPS) is 12.6. The van der Waals surface area contributed by atoms with Crippen LogP contribution in [0.5, 0.6) is 5.75 Å². The van der Waals surface area contributed by atoms with E-state index in [2.05, 4.69) is 5.32 Å². The molecule has 1 aromatic carbocycles. The minimum atomic E-state index is -0.0883. The molecule has 15 heavy (non-hydrogen) atoms. The van der Waals surface area contributed by atoms with E-state index in [1.54, 1.807) is 12.3 Å². The Morgan fingerprint density at radius 2 is 2.20 bits per heavy atom. The lowest BCUT2D eigenvalue weighted by Crippen LogP contribution is -2.05. The van der Waals surface area contributed by atoms with Gasteiger partial charge in [0.1, 0.15) is 5.75 Å². The summed E-state index contributed by atoms with van der Waals surface area (Å²) in [5, 5.41) is 2.71. The second-order valence-corrected chi connectivity index (χ2v) is 3.24. The van der Waals surface area contributed by atoms with Crippen LogP contribution in [0.2, 0.25) is 0 Å². The molecule has 0 fully saturated rings. The highest BCUT2D eigenvalue weighted by molar-refractivity contribution is 5.89. The number of ether oxygens (including phenoxy) is 1. The molecule has 1 N–H and O–H groups in total. The summed E-state index contributed by atoms with van der Waals surface area (Å²) in [7, 11) is 0. The highest BCUT2D eigenvalue weighted by Crippen LogP contribution is 2.26. The number of hydrogen-bond acceptors (Lipinski definition) is 2. The molecule has 2 rings (SSSR count). The van der Waals surface area contributed by atoms with E-state index in [4.69, 9.17) is 4.74 Å². The summed E-state index contributed by atoms with van der Waals surface area (Å²) >= 11 is 0. The highest BCUT2D eigenvalue weighted by atomic mass is 16.5. The van der Waals surface area contributed by atoms with Gasteiger partial charge in [-0.25, -0.2) is 0 Å². The fourth-order valence-electron chi connectivity index (χ4n) is 1.37. The van der Waals surface area contributed by atoms with E-state index in [0.717, 1.165) is 17.0 Å². The number of carbonyl (C=O) groups is 1. The Morgan fingerprint density at radius 3 is 3.00 bits per heavy atom. The van der Waals surface area contributed by atoms with Gasteiger partial charge in [-0.3, -0.25) is 4.79 Å². The molecule has 76 valence electrons. The molecule has 1 aliphatic rings. The fraction of sp³-hybridized carbons (Fsp3) is 0.0833. The largest absolute Gasteiger partial charge is 0.464 e. The van der Waals surface area contributed by atoms with Gasteiger partial charge in [0, 0.05) is 24.2 Å². The van der Waals surface area contributed by atoms with Gasteiger partial charge in [0.15, 0.2) is 0 Å². The summed E-state index contributed by atoms with van der Waals surface area (Å²) < 4.78 is 5.38. The van der Waals surface area contributed by atoms with Crippen molar-refractivity contribution in [1.82, 2.24) is 0 Å². The average molecular weight is 201 g/mol. The van der Waals surface area contributed by atoms with Crippen LogP contribution < -0.4 is 10.1 Å². The minimum absolute atomic E-state index is 0.0883. The molecule has 0 unspecified atom stereocenters. The quantitative estimate of drug-likeness (QED) is 0.758. The first-order valence-corrected chi connectivity index (χ1v) is 4.67. The molecular weight excluding hydrogens is 190 g/mol. The van der Waals surface area contributed by atoms with Gasteiger partial charge in [-0.2, -0.15) is 0 Å². The van der Waals surface area contributed by atoms with Gasteiger partial charge in [0.05, 0.1) is 6.26 Å². The lowest BCUT2D eigenvalue weighted by atomic mass is 10.1. The predicted octanol–water partition coefficient (Wildman–Crippen LogP) is 2.56. The van der Waals surface area contributed by atoms with E-state index in [9.17, 15) is 4.79 Å². The molecule has 0 aliphatic carbocycles. The van der Waals surface area contributed by atoms with Gasteiger partial charge in [0.2, 0.25) is 5.91 Å². The van der Waals surface area contributed by atoms with Crippen molar-refractivity contribution in [3.8, 4) is 5.75 Å². The first kappa shape index (κ1) is 9.52. The molecule has 0 atom stereocenters. The van der Waals surface area contributed by atoms with Crippen molar-refractivity contribution in [3.63, 3.8) is 0 Å². The van der Waals surface area contributed by atoms with Crippen LogP contribution in [-0.4, -0.2) is 5.91 Å². The third-order valence-electron chi connectivity index (χ3n) is 1.99. The number of anilines is 1. The van der Waals surface area contributed by atoms with Crippen LogP contribution >= 0.6 is 0 Å². The minimum Gasteiger partial charge on any atom is -0.464 e. The zero-order chi connectivity index (χ0) is 10.7. The molecule has 1 heterocycles. The van der Waals surface area contributed by atoms with Gasteiger partial charge in [-0.1, -0.05) is 12.2 Å². The summed E-state index contributed by atoms with van der Waals surface area (Å²) in [5.41, 5.74) is 1.74. The van der Waals surface area contributed by atoms with E-state index >= 15 is 0 Å². The van der Waals surface area contributed by atoms with E-state index in [-0.39, 0.29) is 5.91 Å². The number of hydrogen-bond donors (Lipinski definition) is 1. The van der Waals surface area contributed by atoms with Gasteiger partial charge < -0.3 is 10.1 Å². The number of amides is 1. The van der Waals surface area contributed by atoms with Crippen LogP contribution in [0.1, 0.15) is 12.5 Å². The second kappa shape index (κ2) is 4.00. The standard InChI is InChI=1S/C12H11NO2/c1-9(14)13-11-6-5-10-4-2-3-7-15-12(10)8-11/h2-8H,1H3,(H,13,14). The monoisotopic (exact) mass is 201 g/mol. The summed E-state index contributed by atoms with van der Waals surface area (Å²) in [6.45, 7) is 1.48. The van der Waals surface area contributed by atoms with Crippen LogP contribution in [0.3, 0.4) is 0 Å². The van der Waals surface area contributed by atoms with Crippen LogP contribution in [0.15, 0.2) is 36.6 Å². The van der Waals surface area contributed by atoms with E-state index in [1.165, 1.54) is 6.92 Å². The molecular formula is C12H11NO2. The van der Waals surface area contributed by atoms with Gasteiger partial charge in [-0.15, -0.1) is 0 Å². The number of carbonyl (C=O) groups excluding carboxylic acids is 1. The van der Waals surface area contributed by atoms with E-state index in [1.807, 2.05) is 30.4 Å². The van der Waals surface area contributed by atoms with Crippen molar-refractivity contribution in [1.29, 1.82) is 0 Å². The zero-order valence-electron chi connectivity index (χ0n) is 8.36. The Balaban J connectivity index is 2.33. The maximum absolute atomic E-state index is 10.9. The van der Waals surface area contributed by atoms with E-state index < -0.39 is 0 Å². The Kier molecular flexibility index (Phi) is 2.54. The number of fused-ring (bicyclic) bond motifs is 1. The second-order valence-electron chi connectivity index (χ2n) is 3.24. The Morgan fingerprint density at radius 1 is 1.33 bits per heavy atom. The van der Waals surface area contributed by atoms with Crippen LogP contribution in [0.25, 0.3) is 6.08 Å². The van der Waals surface area contributed by atoms with Crippen molar-refractivity contribution in [3.05, 3.63) is 42.2 Å². The SMILES string of the molecule is CC(=O)Nc1ccc2c(c1)OC=CC=C2. The number of nitrogens with one attached hydrogen (secondary N) is 1. The average Bonchev–Trinajstić information content (AvgIpc) is 2.41. The maximum Gasteiger partial charge on any atom is 0.221 e. The fourth-order valence-corrected chi connectivity index (χ4v) is 1.37. The smallest absolute Gasteiger partial charge is 0.221 e. The van der Waals surface area contributed by atoms with Crippen molar-refractivity contribution < 1.29 is 9.53 Å². The van der Waals surface area contributed by atoms with Gasteiger partial charge >= 0.3 is 0 Å². The molecule has 1 amide bonds. The number of benzene rings is 1. The van der Waals surface area contributed by atoms with Crippen LogP contribution in [0.4, 0.5) is 5.69 Å². The summed E-state index contributed by atoms with van der Waals surface area (Å²) in [6, 6.07) is 5.56. The molecule has 0 spiro atoms. The topological polar surface area (TPSA) is 38.3 Å². The Bertz CT molecular complexity index is 447. The third-order valence-corrected chi connectivity index (χ3v) is 1.99. The Labute approximate surface area is 88.1 Å². The molecule has 1 aromatic rings. The number of allylic oxidation sites excluding steroid dienone is 2. The van der Waals surface area contributed by atoms with Crippen LogP contribution in [-0.2, 0) is 4.79 Å². The van der Waals surface area contributed by atoms with Crippen molar-refractivity contribution >= 4 is 17.7 Å². The van der Waals surface area contributed by atoms with E-state index in [0.29, 0.717) is 0 Å². The molecule has 3 nitrogen and oxygen atoms in total. The third kappa shape index (κ3) is 2.26. The summed E-state index contributed by atoms with van der Waals surface area (Å²) in [4.78, 5) is 10.9. The summed E-state index contributed by atoms with van der Waals surface area (Å²) in [6.07, 6.45) is 7.29. The zero-order valence-corrected chi connectivity index (χ0v) is 8.36. The lowest BCUT2D eigenvalue weighted by Gasteiger charge is -2.07. The predicted molar refractivity (Wildman–Crippen MR) is 59.5 cm³/mol. The molecule has 0 saturated heterocycles. The molecule has 0 bridgehead atoms. The molecule has 0 aromatic heterocycles. The Hall–Kier alpha value is -2.03. The lowest BCUT2D eigenvalue weighted by molar-refractivity contribution is -0.114. The molecule has 0 saturated carbocycles. The first-order valence-electron chi connectivity index (χ1n) is 4.67. The number of rotatable bonds is 1. The molecule has 1 aliphatic heterocycles. The van der Waals surface area contributed by atoms with Gasteiger partial charge in [-0.05, 0) is 18.2 Å². The van der Waals surface area contributed by atoms with Crippen LogP contribution in [0, 0.1) is 0 Å². The van der Waals surface area contributed by atoms with Crippen molar-refractivity contribution in [2.75, 3.05) is 5.32 Å². The summed E-state index contributed by atoms with van der Waals surface area (Å²) in [5.74, 6) is 0.654. The first-order chi connectivity index (χ1) is 7.25. The maximum atomic E-state index is 10.9. The van der Waals surface area contributed by atoms with Crippen molar-refractivity contribution in [2.45, 2.75) is 6.92 Å². The highest BCUT2D eigenvalue weighted by Gasteiger charge is 2.04.